The normalized spacial score (nSPS) is 13.5. The molecule has 2 aromatic rings. The molecule has 0 saturated heterocycles. The van der Waals surface area contributed by atoms with Gasteiger partial charge in [0.15, 0.2) is 0 Å². The molecule has 0 radical (unpaired) electrons. The molecule has 0 bridgehead atoms. The molecule has 1 aliphatic rings. The summed E-state index contributed by atoms with van der Waals surface area (Å²) in [5.41, 5.74) is 6.12. The summed E-state index contributed by atoms with van der Waals surface area (Å²) in [4.78, 5) is 11.8. The molecule has 3 nitrogen and oxygen atoms in total. The van der Waals surface area contributed by atoms with Gasteiger partial charge in [-0.15, -0.1) is 0 Å². The van der Waals surface area contributed by atoms with Gasteiger partial charge in [0, 0.05) is 22.6 Å². The van der Waals surface area contributed by atoms with E-state index in [1.165, 1.54) is 22.3 Å². The zero-order valence-corrected chi connectivity index (χ0v) is 14.3. The molecule has 0 spiro atoms. The first-order valence-corrected chi connectivity index (χ1v) is 9.37. The first kappa shape index (κ1) is 15.9. The number of hydrogen-bond acceptors (Lipinski definition) is 2. The summed E-state index contributed by atoms with van der Waals surface area (Å²) in [7, 11) is -1.20. The fraction of sp³-hybridized carbons (Fsp3) is 0.316. The molecule has 1 N–H and O–H groups in total. The first-order valence-electron chi connectivity index (χ1n) is 7.88. The van der Waals surface area contributed by atoms with Crippen molar-refractivity contribution in [1.82, 2.24) is 5.32 Å². The van der Waals surface area contributed by atoms with Crippen LogP contribution in [0.5, 0.6) is 0 Å². The molecular weight excluding hydrogens is 306 g/mol. The van der Waals surface area contributed by atoms with Crippen LogP contribution in [0.4, 0.5) is 0 Å². The Morgan fingerprint density at radius 3 is 2.65 bits per heavy atom. The zero-order valence-electron chi connectivity index (χ0n) is 13.5. The Balaban J connectivity index is 1.80. The molecule has 1 atom stereocenters. The number of carbonyl (C=O) groups excluding carboxylic acids is 1. The largest absolute Gasteiger partial charge is 0.353 e. The van der Waals surface area contributed by atoms with Crippen molar-refractivity contribution >= 4 is 16.7 Å². The first-order chi connectivity index (χ1) is 11.0. The van der Waals surface area contributed by atoms with Gasteiger partial charge in [0.25, 0.3) is 0 Å². The molecule has 120 valence electrons. The highest BCUT2D eigenvalue weighted by molar-refractivity contribution is 7.84. The van der Waals surface area contributed by atoms with Crippen LogP contribution in [0, 0.1) is 0 Å². The van der Waals surface area contributed by atoms with Crippen LogP contribution in [-0.4, -0.2) is 21.9 Å². The fourth-order valence-corrected chi connectivity index (χ4v) is 4.19. The molecule has 4 heteroatoms. The van der Waals surface area contributed by atoms with Crippen molar-refractivity contribution in [3.63, 3.8) is 0 Å². The highest BCUT2D eigenvalue weighted by Crippen LogP contribution is 2.39. The van der Waals surface area contributed by atoms with Gasteiger partial charge in [-0.25, -0.2) is 0 Å². The van der Waals surface area contributed by atoms with Crippen molar-refractivity contribution < 1.29 is 9.00 Å². The van der Waals surface area contributed by atoms with Gasteiger partial charge in [0.05, 0.1) is 0 Å². The van der Waals surface area contributed by atoms with Gasteiger partial charge in [0.2, 0.25) is 5.91 Å². The van der Waals surface area contributed by atoms with Gasteiger partial charge in [0.1, 0.15) is 5.75 Å². The Morgan fingerprint density at radius 2 is 1.87 bits per heavy atom. The average Bonchev–Trinajstić information content (AvgIpc) is 2.85. The van der Waals surface area contributed by atoms with Crippen molar-refractivity contribution in [3.8, 4) is 11.1 Å². The minimum absolute atomic E-state index is 0.0590. The Hall–Kier alpha value is -1.94. The lowest BCUT2D eigenvalue weighted by Gasteiger charge is -2.11. The predicted molar refractivity (Wildman–Crippen MR) is 94.7 cm³/mol. The predicted octanol–water partition coefficient (Wildman–Crippen LogP) is 3.03. The summed E-state index contributed by atoms with van der Waals surface area (Å²) in [6, 6.07) is 14.6. The van der Waals surface area contributed by atoms with E-state index in [1.807, 2.05) is 32.0 Å². The molecule has 1 unspecified atom stereocenters. The Labute approximate surface area is 139 Å². The van der Waals surface area contributed by atoms with E-state index in [2.05, 4.69) is 29.6 Å². The van der Waals surface area contributed by atoms with E-state index in [1.54, 1.807) is 0 Å². The van der Waals surface area contributed by atoms with Crippen LogP contribution in [0.1, 0.15) is 30.5 Å². The second-order valence-corrected chi connectivity index (χ2v) is 7.69. The molecular formula is C19H21NO2S. The molecule has 1 amide bonds. The summed E-state index contributed by atoms with van der Waals surface area (Å²) >= 11 is 0. The van der Waals surface area contributed by atoms with E-state index in [-0.39, 0.29) is 17.7 Å². The Kier molecular flexibility index (Phi) is 4.62. The zero-order chi connectivity index (χ0) is 16.4. The molecule has 1 aliphatic carbocycles. The number of benzene rings is 2. The Bertz CT molecular complexity index is 768. The standard InChI is InChI=1S/C19H21NO2S/c1-13(2)20-18(21)12-23(22)11-16-8-5-7-15-10-14-6-3-4-9-17(14)19(15)16/h3-9,13H,10-12H2,1-2H3,(H,20,21). The van der Waals surface area contributed by atoms with Crippen molar-refractivity contribution in [2.24, 2.45) is 0 Å². The SMILES string of the molecule is CC(C)NC(=O)CS(=O)Cc1cccc2c1-c1ccccc1C2. The highest BCUT2D eigenvalue weighted by Gasteiger charge is 2.21. The molecule has 2 aromatic carbocycles. The van der Waals surface area contributed by atoms with Gasteiger partial charge in [-0.05, 0) is 48.1 Å². The third-order valence-corrected chi connectivity index (χ3v) is 5.18. The number of rotatable bonds is 5. The van der Waals surface area contributed by atoms with Gasteiger partial charge >= 0.3 is 0 Å². The van der Waals surface area contributed by atoms with Crippen LogP contribution >= 0.6 is 0 Å². The molecule has 0 fully saturated rings. The maximum Gasteiger partial charge on any atom is 0.232 e. The van der Waals surface area contributed by atoms with Crippen LogP contribution in [0.2, 0.25) is 0 Å². The maximum atomic E-state index is 12.4. The van der Waals surface area contributed by atoms with Crippen LogP contribution in [0.3, 0.4) is 0 Å². The summed E-state index contributed by atoms with van der Waals surface area (Å²) in [6.45, 7) is 3.81. The minimum atomic E-state index is -1.20. The van der Waals surface area contributed by atoms with Crippen LogP contribution in [-0.2, 0) is 27.8 Å². The van der Waals surface area contributed by atoms with Crippen LogP contribution < -0.4 is 5.32 Å². The van der Waals surface area contributed by atoms with Gasteiger partial charge in [-0.3, -0.25) is 9.00 Å². The summed E-state index contributed by atoms with van der Waals surface area (Å²) < 4.78 is 12.4. The number of amides is 1. The van der Waals surface area contributed by atoms with Crippen LogP contribution in [0.15, 0.2) is 42.5 Å². The van der Waals surface area contributed by atoms with Crippen molar-refractivity contribution in [2.75, 3.05) is 5.75 Å². The van der Waals surface area contributed by atoms with E-state index in [4.69, 9.17) is 0 Å². The lowest BCUT2D eigenvalue weighted by molar-refractivity contribution is -0.119. The lowest BCUT2D eigenvalue weighted by Crippen LogP contribution is -2.33. The number of carbonyl (C=O) groups is 1. The van der Waals surface area contributed by atoms with Crippen molar-refractivity contribution in [2.45, 2.75) is 32.1 Å². The third-order valence-electron chi connectivity index (χ3n) is 3.96. The smallest absolute Gasteiger partial charge is 0.232 e. The monoisotopic (exact) mass is 327 g/mol. The van der Waals surface area contributed by atoms with Gasteiger partial charge < -0.3 is 5.32 Å². The highest BCUT2D eigenvalue weighted by atomic mass is 32.2. The third kappa shape index (κ3) is 3.53. The summed E-state index contributed by atoms with van der Waals surface area (Å²) in [5, 5.41) is 2.80. The molecule has 0 aliphatic heterocycles. The second kappa shape index (κ2) is 6.67. The maximum absolute atomic E-state index is 12.4. The summed E-state index contributed by atoms with van der Waals surface area (Å²) in [6.07, 6.45) is 0.930. The molecule has 0 aromatic heterocycles. The second-order valence-electron chi connectivity index (χ2n) is 6.24. The van der Waals surface area contributed by atoms with E-state index in [9.17, 15) is 9.00 Å². The molecule has 3 rings (SSSR count). The van der Waals surface area contributed by atoms with E-state index < -0.39 is 10.8 Å². The Morgan fingerprint density at radius 1 is 1.13 bits per heavy atom. The number of nitrogens with one attached hydrogen (secondary N) is 1. The molecule has 0 saturated carbocycles. The van der Waals surface area contributed by atoms with E-state index in [0.29, 0.717) is 5.75 Å². The topological polar surface area (TPSA) is 46.2 Å². The van der Waals surface area contributed by atoms with Gasteiger partial charge in [-0.2, -0.15) is 0 Å². The van der Waals surface area contributed by atoms with Crippen molar-refractivity contribution in [3.05, 3.63) is 59.2 Å². The quantitative estimate of drug-likeness (QED) is 0.783. The summed E-state index contributed by atoms with van der Waals surface area (Å²) in [5.74, 6) is 0.332. The average molecular weight is 327 g/mol. The number of fused-ring (bicyclic) bond motifs is 3. The van der Waals surface area contributed by atoms with Crippen LogP contribution in [0.25, 0.3) is 11.1 Å². The van der Waals surface area contributed by atoms with Gasteiger partial charge in [-0.1, -0.05) is 42.5 Å². The molecule has 23 heavy (non-hydrogen) atoms. The van der Waals surface area contributed by atoms with E-state index >= 15 is 0 Å². The van der Waals surface area contributed by atoms with E-state index in [0.717, 1.165) is 12.0 Å². The fourth-order valence-electron chi connectivity index (χ4n) is 3.12. The van der Waals surface area contributed by atoms with Crippen molar-refractivity contribution in [1.29, 1.82) is 0 Å². The molecule has 0 heterocycles. The number of hydrogen-bond donors (Lipinski definition) is 1. The lowest BCUT2D eigenvalue weighted by atomic mass is 10.0. The minimum Gasteiger partial charge on any atom is -0.353 e.